The van der Waals surface area contributed by atoms with Crippen molar-refractivity contribution >= 4 is 23.8 Å². The van der Waals surface area contributed by atoms with Gasteiger partial charge in [0.2, 0.25) is 0 Å². The number of ether oxygens (including phenoxy) is 3. The van der Waals surface area contributed by atoms with Crippen molar-refractivity contribution in [3.63, 3.8) is 0 Å². The van der Waals surface area contributed by atoms with E-state index in [-0.39, 0.29) is 29.4 Å². The molecule has 10 heteroatoms. The zero-order chi connectivity index (χ0) is 26.2. The highest BCUT2D eigenvalue weighted by atomic mass is 16.6. The van der Waals surface area contributed by atoms with Gasteiger partial charge in [-0.2, -0.15) is 5.10 Å². The van der Waals surface area contributed by atoms with Crippen LogP contribution < -0.4 is 19.6 Å². The van der Waals surface area contributed by atoms with Crippen LogP contribution in [0.1, 0.15) is 32.6 Å². The number of non-ortho nitro benzene ring substituents is 1. The Morgan fingerprint density at radius 1 is 1.00 bits per heavy atom. The summed E-state index contributed by atoms with van der Waals surface area (Å²) in [7, 11) is 1.41. The molecule has 3 rings (SSSR count). The van der Waals surface area contributed by atoms with E-state index >= 15 is 0 Å². The number of nitrogens with one attached hydrogen (secondary N) is 1. The van der Waals surface area contributed by atoms with Crippen molar-refractivity contribution in [3.05, 3.63) is 92.5 Å². The first kappa shape index (κ1) is 25.9. The van der Waals surface area contributed by atoms with E-state index in [2.05, 4.69) is 10.5 Å². The Bertz CT molecular complexity index is 1320. The lowest BCUT2D eigenvalue weighted by atomic mass is 10.1. The number of nitro groups is 1. The fraction of sp³-hybridized carbons (Fsp3) is 0.192. The van der Waals surface area contributed by atoms with E-state index in [9.17, 15) is 19.7 Å². The number of aryl methyl sites for hydroxylation is 2. The average Bonchev–Trinajstić information content (AvgIpc) is 2.87. The van der Waals surface area contributed by atoms with Crippen LogP contribution >= 0.6 is 0 Å². The number of hydrazone groups is 1. The Hall–Kier alpha value is -4.73. The Morgan fingerprint density at radius 2 is 1.69 bits per heavy atom. The van der Waals surface area contributed by atoms with Gasteiger partial charge in [-0.25, -0.2) is 10.2 Å². The molecule has 0 saturated carbocycles. The Kier molecular flexibility index (Phi) is 8.35. The number of nitro benzene ring substituents is 1. The standard InChI is InChI=1S/C26H25N3O7/c1-16-5-6-17(2)25(18(16)3)35-15-24(30)28-27-14-19-7-12-22(23(13-19)34-4)36-26(31)20-8-10-21(11-9-20)29(32)33/h5-14H,15H2,1-4H3,(H,28,30)/b27-14-. The second-order valence-electron chi connectivity index (χ2n) is 7.84. The lowest BCUT2D eigenvalue weighted by Gasteiger charge is -2.13. The minimum Gasteiger partial charge on any atom is -0.493 e. The van der Waals surface area contributed by atoms with Gasteiger partial charge >= 0.3 is 5.97 Å². The highest BCUT2D eigenvalue weighted by Gasteiger charge is 2.15. The number of hydrogen-bond donors (Lipinski definition) is 1. The molecular formula is C26H25N3O7. The van der Waals surface area contributed by atoms with Crippen molar-refractivity contribution in [1.29, 1.82) is 0 Å². The summed E-state index contributed by atoms with van der Waals surface area (Å²) in [5.74, 6) is -0.0329. The van der Waals surface area contributed by atoms with E-state index < -0.39 is 16.8 Å². The van der Waals surface area contributed by atoms with Crippen LogP contribution in [0.15, 0.2) is 59.7 Å². The van der Waals surface area contributed by atoms with Crippen LogP contribution in [-0.2, 0) is 4.79 Å². The molecule has 0 fully saturated rings. The lowest BCUT2D eigenvalue weighted by Crippen LogP contribution is -2.25. The van der Waals surface area contributed by atoms with E-state index in [0.29, 0.717) is 11.3 Å². The number of rotatable bonds is 9. The monoisotopic (exact) mass is 491 g/mol. The molecule has 36 heavy (non-hydrogen) atoms. The van der Waals surface area contributed by atoms with Crippen LogP contribution in [-0.4, -0.2) is 36.7 Å². The van der Waals surface area contributed by atoms with Crippen molar-refractivity contribution < 1.29 is 28.7 Å². The molecule has 0 unspecified atom stereocenters. The fourth-order valence-electron chi connectivity index (χ4n) is 3.22. The fourth-order valence-corrected chi connectivity index (χ4v) is 3.22. The van der Waals surface area contributed by atoms with Crippen LogP contribution in [0.25, 0.3) is 0 Å². The largest absolute Gasteiger partial charge is 0.493 e. The minimum absolute atomic E-state index is 0.133. The molecule has 0 atom stereocenters. The number of esters is 1. The van der Waals surface area contributed by atoms with Gasteiger partial charge in [0.05, 0.1) is 23.8 Å². The molecule has 0 spiro atoms. The van der Waals surface area contributed by atoms with Crippen LogP contribution in [0, 0.1) is 30.9 Å². The Morgan fingerprint density at radius 3 is 2.36 bits per heavy atom. The molecule has 0 aliphatic heterocycles. The molecule has 0 heterocycles. The van der Waals surface area contributed by atoms with Crippen molar-refractivity contribution in [1.82, 2.24) is 5.43 Å². The molecule has 10 nitrogen and oxygen atoms in total. The maximum absolute atomic E-state index is 12.4. The third-order valence-corrected chi connectivity index (χ3v) is 5.33. The van der Waals surface area contributed by atoms with Crippen molar-refractivity contribution in [2.45, 2.75) is 20.8 Å². The summed E-state index contributed by atoms with van der Waals surface area (Å²) < 4.78 is 16.3. The van der Waals surface area contributed by atoms with Gasteiger partial charge in [0.25, 0.3) is 11.6 Å². The molecule has 186 valence electrons. The third-order valence-electron chi connectivity index (χ3n) is 5.33. The van der Waals surface area contributed by atoms with E-state index in [1.165, 1.54) is 43.7 Å². The molecule has 3 aromatic rings. The van der Waals surface area contributed by atoms with Crippen LogP contribution in [0.2, 0.25) is 0 Å². The van der Waals surface area contributed by atoms with Gasteiger partial charge in [0, 0.05) is 12.1 Å². The predicted octanol–water partition coefficient (Wildman–Crippen LogP) is 4.28. The molecule has 0 radical (unpaired) electrons. The topological polar surface area (TPSA) is 129 Å². The SMILES string of the molecule is COc1cc(/C=N\NC(=O)COc2c(C)ccc(C)c2C)ccc1OC(=O)c1ccc([N+](=O)[O-])cc1. The number of methoxy groups -OCH3 is 1. The van der Waals surface area contributed by atoms with Crippen molar-refractivity contribution in [2.24, 2.45) is 5.10 Å². The van der Waals surface area contributed by atoms with Crippen molar-refractivity contribution in [3.8, 4) is 17.2 Å². The summed E-state index contributed by atoms with van der Waals surface area (Å²) in [6, 6.07) is 13.7. The average molecular weight is 492 g/mol. The summed E-state index contributed by atoms with van der Waals surface area (Å²) in [4.78, 5) is 34.7. The second kappa shape index (κ2) is 11.6. The Labute approximate surface area is 207 Å². The molecule has 0 aliphatic rings. The molecule has 0 aromatic heterocycles. The van der Waals surface area contributed by atoms with Gasteiger partial charge in [-0.1, -0.05) is 12.1 Å². The van der Waals surface area contributed by atoms with Gasteiger partial charge < -0.3 is 14.2 Å². The van der Waals surface area contributed by atoms with Crippen LogP contribution in [0.4, 0.5) is 5.69 Å². The van der Waals surface area contributed by atoms with Crippen LogP contribution in [0.5, 0.6) is 17.2 Å². The normalized spacial score (nSPS) is 10.7. The van der Waals surface area contributed by atoms with Gasteiger partial charge in [-0.05, 0) is 73.4 Å². The minimum atomic E-state index is -0.698. The molecule has 3 aromatic carbocycles. The smallest absolute Gasteiger partial charge is 0.343 e. The summed E-state index contributed by atoms with van der Waals surface area (Å²) in [5.41, 5.74) is 5.99. The summed E-state index contributed by atoms with van der Waals surface area (Å²) >= 11 is 0. The number of carbonyl (C=O) groups excluding carboxylic acids is 2. The third kappa shape index (κ3) is 6.44. The van der Waals surface area contributed by atoms with Gasteiger partial charge in [-0.15, -0.1) is 0 Å². The molecule has 0 aliphatic carbocycles. The van der Waals surface area contributed by atoms with E-state index in [1.54, 1.807) is 12.1 Å². The zero-order valence-corrected chi connectivity index (χ0v) is 20.2. The number of hydrogen-bond acceptors (Lipinski definition) is 8. The van der Waals surface area contributed by atoms with E-state index in [0.717, 1.165) is 16.7 Å². The molecule has 1 amide bonds. The quantitative estimate of drug-likeness (QED) is 0.155. The highest BCUT2D eigenvalue weighted by molar-refractivity contribution is 5.92. The first-order valence-corrected chi connectivity index (χ1v) is 10.9. The maximum atomic E-state index is 12.4. The van der Waals surface area contributed by atoms with Crippen LogP contribution in [0.3, 0.4) is 0 Å². The predicted molar refractivity (Wildman–Crippen MR) is 133 cm³/mol. The van der Waals surface area contributed by atoms with Gasteiger partial charge in [0.15, 0.2) is 18.1 Å². The lowest BCUT2D eigenvalue weighted by molar-refractivity contribution is -0.384. The van der Waals surface area contributed by atoms with E-state index in [4.69, 9.17) is 14.2 Å². The Balaban J connectivity index is 1.59. The zero-order valence-electron chi connectivity index (χ0n) is 20.2. The highest BCUT2D eigenvalue weighted by Crippen LogP contribution is 2.29. The first-order chi connectivity index (χ1) is 17.2. The van der Waals surface area contributed by atoms with Gasteiger partial charge in [-0.3, -0.25) is 14.9 Å². The number of nitrogens with zero attached hydrogens (tertiary/aromatic N) is 2. The van der Waals surface area contributed by atoms with E-state index in [1.807, 2.05) is 32.9 Å². The summed E-state index contributed by atoms with van der Waals surface area (Å²) in [6.07, 6.45) is 1.41. The maximum Gasteiger partial charge on any atom is 0.343 e. The van der Waals surface area contributed by atoms with Crippen molar-refractivity contribution in [2.75, 3.05) is 13.7 Å². The number of carbonyl (C=O) groups is 2. The first-order valence-electron chi connectivity index (χ1n) is 10.9. The molecule has 0 saturated heterocycles. The summed E-state index contributed by atoms with van der Waals surface area (Å²) in [6.45, 7) is 5.64. The molecular weight excluding hydrogens is 466 g/mol. The second-order valence-corrected chi connectivity index (χ2v) is 7.84. The molecule has 0 bridgehead atoms. The number of benzene rings is 3. The molecule has 1 N–H and O–H groups in total. The number of amides is 1. The van der Waals surface area contributed by atoms with Gasteiger partial charge in [0.1, 0.15) is 5.75 Å². The summed E-state index contributed by atoms with van der Waals surface area (Å²) in [5, 5.41) is 14.7.